The van der Waals surface area contributed by atoms with Crippen LogP contribution in [0.15, 0.2) is 0 Å². The molecule has 0 aliphatic heterocycles. The van der Waals surface area contributed by atoms with Gasteiger partial charge in [0.2, 0.25) is 0 Å². The summed E-state index contributed by atoms with van der Waals surface area (Å²) in [6.45, 7) is 11.8. The molecular formula is C15H32. The third-order valence-corrected chi connectivity index (χ3v) is 3.60. The third-order valence-electron chi connectivity index (χ3n) is 3.60. The Hall–Kier alpha value is 0. The Balaban J connectivity index is 3.73. The molecule has 0 radical (unpaired) electrons. The Labute approximate surface area is 97.8 Å². The van der Waals surface area contributed by atoms with Gasteiger partial charge in [-0.3, -0.25) is 0 Å². The van der Waals surface area contributed by atoms with Gasteiger partial charge >= 0.3 is 0 Å². The van der Waals surface area contributed by atoms with E-state index in [0.717, 1.165) is 17.8 Å². The summed E-state index contributed by atoms with van der Waals surface area (Å²) in [6, 6.07) is 0. The number of rotatable bonds is 9. The topological polar surface area (TPSA) is 0 Å². The Morgan fingerprint density at radius 3 is 1.80 bits per heavy atom. The molecular weight excluding hydrogens is 180 g/mol. The van der Waals surface area contributed by atoms with Crippen molar-refractivity contribution in [3.8, 4) is 0 Å². The maximum atomic E-state index is 2.45. The molecule has 0 heterocycles. The predicted molar refractivity (Wildman–Crippen MR) is 71.2 cm³/mol. The van der Waals surface area contributed by atoms with Crippen molar-refractivity contribution in [1.29, 1.82) is 0 Å². The van der Waals surface area contributed by atoms with Crippen LogP contribution < -0.4 is 0 Å². The molecule has 0 amide bonds. The van der Waals surface area contributed by atoms with Crippen LogP contribution >= 0.6 is 0 Å². The van der Waals surface area contributed by atoms with Crippen LogP contribution in [0.4, 0.5) is 0 Å². The van der Waals surface area contributed by atoms with Gasteiger partial charge in [0.05, 0.1) is 0 Å². The fourth-order valence-electron chi connectivity index (χ4n) is 2.86. The van der Waals surface area contributed by atoms with Gasteiger partial charge in [-0.2, -0.15) is 0 Å². The first-order valence-electron chi connectivity index (χ1n) is 7.13. The van der Waals surface area contributed by atoms with Gasteiger partial charge in [-0.05, 0) is 30.6 Å². The van der Waals surface area contributed by atoms with E-state index < -0.39 is 0 Å². The summed E-state index contributed by atoms with van der Waals surface area (Å²) >= 11 is 0. The lowest BCUT2D eigenvalue weighted by Crippen LogP contribution is -2.09. The standard InChI is InChI=1S/C15H32/c1-6-9-13(4)11-14(5)12-15(8-3)10-7-2/h13-15H,6-12H2,1-5H3. The lowest BCUT2D eigenvalue weighted by atomic mass is 9.84. The zero-order valence-corrected chi connectivity index (χ0v) is 11.7. The first kappa shape index (κ1) is 15.0. The Morgan fingerprint density at radius 2 is 1.33 bits per heavy atom. The van der Waals surface area contributed by atoms with Crippen molar-refractivity contribution in [1.82, 2.24) is 0 Å². The first-order valence-corrected chi connectivity index (χ1v) is 7.13. The maximum Gasteiger partial charge on any atom is -0.0414 e. The van der Waals surface area contributed by atoms with E-state index in [1.54, 1.807) is 0 Å². The van der Waals surface area contributed by atoms with E-state index in [9.17, 15) is 0 Å². The van der Waals surface area contributed by atoms with E-state index >= 15 is 0 Å². The largest absolute Gasteiger partial charge is 0.0654 e. The minimum absolute atomic E-state index is 0.933. The highest BCUT2D eigenvalue weighted by Crippen LogP contribution is 2.26. The molecule has 0 saturated carbocycles. The fraction of sp³-hybridized carbons (Fsp3) is 1.00. The Bertz CT molecular complexity index is 128. The van der Waals surface area contributed by atoms with Gasteiger partial charge in [-0.1, -0.05) is 66.7 Å². The fourth-order valence-corrected chi connectivity index (χ4v) is 2.86. The zero-order valence-electron chi connectivity index (χ0n) is 11.7. The van der Waals surface area contributed by atoms with Crippen molar-refractivity contribution < 1.29 is 0 Å². The van der Waals surface area contributed by atoms with Gasteiger partial charge < -0.3 is 0 Å². The molecule has 0 heteroatoms. The average molecular weight is 212 g/mol. The molecule has 0 N–H and O–H groups in total. The molecule has 15 heavy (non-hydrogen) atoms. The van der Waals surface area contributed by atoms with Crippen molar-refractivity contribution in [3.05, 3.63) is 0 Å². The quantitative estimate of drug-likeness (QED) is 0.462. The number of hydrogen-bond donors (Lipinski definition) is 0. The van der Waals surface area contributed by atoms with Crippen LogP contribution in [-0.2, 0) is 0 Å². The van der Waals surface area contributed by atoms with E-state index in [0.29, 0.717) is 0 Å². The molecule has 0 saturated heterocycles. The van der Waals surface area contributed by atoms with E-state index in [-0.39, 0.29) is 0 Å². The molecule has 0 aliphatic rings. The molecule has 0 fully saturated rings. The van der Waals surface area contributed by atoms with Gasteiger partial charge in [0.25, 0.3) is 0 Å². The van der Waals surface area contributed by atoms with Crippen LogP contribution in [0.3, 0.4) is 0 Å². The van der Waals surface area contributed by atoms with Crippen molar-refractivity contribution in [2.45, 2.75) is 79.6 Å². The van der Waals surface area contributed by atoms with Crippen LogP contribution in [0.25, 0.3) is 0 Å². The lowest BCUT2D eigenvalue weighted by molar-refractivity contribution is 0.305. The zero-order chi connectivity index (χ0) is 11.7. The smallest absolute Gasteiger partial charge is 0.0414 e. The van der Waals surface area contributed by atoms with Crippen LogP contribution in [-0.4, -0.2) is 0 Å². The molecule has 0 aromatic rings. The highest BCUT2D eigenvalue weighted by Gasteiger charge is 2.13. The monoisotopic (exact) mass is 212 g/mol. The van der Waals surface area contributed by atoms with Gasteiger partial charge in [0.15, 0.2) is 0 Å². The van der Waals surface area contributed by atoms with Gasteiger partial charge in [0, 0.05) is 0 Å². The minimum atomic E-state index is 0.933. The first-order chi connectivity index (χ1) is 7.13. The van der Waals surface area contributed by atoms with E-state index in [4.69, 9.17) is 0 Å². The summed E-state index contributed by atoms with van der Waals surface area (Å²) < 4.78 is 0. The number of hydrogen-bond acceptors (Lipinski definition) is 0. The summed E-state index contributed by atoms with van der Waals surface area (Å²) in [5.41, 5.74) is 0. The summed E-state index contributed by atoms with van der Waals surface area (Å²) in [7, 11) is 0. The summed E-state index contributed by atoms with van der Waals surface area (Å²) in [6.07, 6.45) is 9.82. The van der Waals surface area contributed by atoms with Crippen molar-refractivity contribution >= 4 is 0 Å². The summed E-state index contributed by atoms with van der Waals surface area (Å²) in [5, 5.41) is 0. The predicted octanol–water partition coefficient (Wildman–Crippen LogP) is 5.67. The van der Waals surface area contributed by atoms with Crippen molar-refractivity contribution in [3.63, 3.8) is 0 Å². The highest BCUT2D eigenvalue weighted by molar-refractivity contribution is 4.65. The lowest BCUT2D eigenvalue weighted by Gasteiger charge is -2.21. The SMILES string of the molecule is CCCC(C)CC(C)CC(CC)CCC. The van der Waals surface area contributed by atoms with Gasteiger partial charge in [-0.25, -0.2) is 0 Å². The summed E-state index contributed by atoms with van der Waals surface area (Å²) in [5.74, 6) is 2.85. The van der Waals surface area contributed by atoms with E-state index in [2.05, 4.69) is 34.6 Å². The molecule has 3 unspecified atom stereocenters. The molecule has 3 atom stereocenters. The average Bonchev–Trinajstić information content (AvgIpc) is 2.17. The van der Waals surface area contributed by atoms with Crippen LogP contribution in [0.5, 0.6) is 0 Å². The van der Waals surface area contributed by atoms with E-state index in [1.807, 2.05) is 0 Å². The third kappa shape index (κ3) is 7.88. The second-order valence-electron chi connectivity index (χ2n) is 5.53. The van der Waals surface area contributed by atoms with Crippen LogP contribution in [0.1, 0.15) is 79.6 Å². The molecule has 0 bridgehead atoms. The van der Waals surface area contributed by atoms with Crippen molar-refractivity contribution in [2.24, 2.45) is 17.8 Å². The van der Waals surface area contributed by atoms with E-state index in [1.165, 1.54) is 44.9 Å². The second-order valence-corrected chi connectivity index (χ2v) is 5.53. The van der Waals surface area contributed by atoms with Crippen LogP contribution in [0.2, 0.25) is 0 Å². The highest BCUT2D eigenvalue weighted by atomic mass is 14.2. The molecule has 92 valence electrons. The molecule has 0 nitrogen and oxygen atoms in total. The van der Waals surface area contributed by atoms with Crippen LogP contribution in [0, 0.1) is 17.8 Å². The van der Waals surface area contributed by atoms with Gasteiger partial charge in [-0.15, -0.1) is 0 Å². The Kier molecular flexibility index (Phi) is 9.24. The molecule has 0 aromatic heterocycles. The molecule has 0 rings (SSSR count). The molecule has 0 spiro atoms. The Morgan fingerprint density at radius 1 is 0.733 bits per heavy atom. The maximum absolute atomic E-state index is 2.45. The minimum Gasteiger partial charge on any atom is -0.0654 e. The summed E-state index contributed by atoms with van der Waals surface area (Å²) in [4.78, 5) is 0. The van der Waals surface area contributed by atoms with Crippen molar-refractivity contribution in [2.75, 3.05) is 0 Å². The molecule has 0 aliphatic carbocycles. The molecule has 0 aromatic carbocycles. The normalized spacial score (nSPS) is 17.4. The van der Waals surface area contributed by atoms with Gasteiger partial charge in [0.1, 0.15) is 0 Å². The second kappa shape index (κ2) is 9.24.